The molecule has 0 aliphatic carbocycles. The number of esters is 2. The molecule has 0 aromatic heterocycles. The molecular weight excluding hydrogens is 591 g/mol. The fraction of sp³-hybridized carbons (Fsp3) is 0.357. The van der Waals surface area contributed by atoms with Gasteiger partial charge in [-0.15, -0.1) is 0 Å². The minimum atomic E-state index is -0.325. The summed E-state index contributed by atoms with van der Waals surface area (Å²) < 4.78 is 32.4. The lowest BCUT2D eigenvalue weighted by Crippen LogP contribution is -2.10. The molecule has 1 aliphatic heterocycles. The fourth-order valence-electron chi connectivity index (χ4n) is 3.34. The third-order valence-electron chi connectivity index (χ3n) is 4.96. The van der Waals surface area contributed by atoms with Gasteiger partial charge in [-0.25, -0.2) is 9.59 Å². The first kappa shape index (κ1) is 30.0. The van der Waals surface area contributed by atoms with Crippen LogP contribution in [-0.2, 0) is 19.1 Å². The summed E-state index contributed by atoms with van der Waals surface area (Å²) in [7, 11) is 3.21. The van der Waals surface area contributed by atoms with Crippen LogP contribution in [0.4, 0.5) is 0 Å². The van der Waals surface area contributed by atoms with Crippen molar-refractivity contribution in [1.82, 2.24) is 0 Å². The van der Waals surface area contributed by atoms with Gasteiger partial charge in [-0.3, -0.25) is 0 Å². The van der Waals surface area contributed by atoms with Gasteiger partial charge in [-0.2, -0.15) is 0 Å². The molecule has 2 aromatic rings. The number of methoxy groups -OCH3 is 2. The molecule has 0 saturated heterocycles. The number of carbonyl (C=O) groups is 2. The first-order chi connectivity index (χ1) is 17.9. The van der Waals surface area contributed by atoms with E-state index in [4.69, 9.17) is 28.4 Å². The molecule has 0 atom stereocenters. The maximum absolute atomic E-state index is 11.5. The van der Waals surface area contributed by atoms with Crippen LogP contribution in [0.25, 0.3) is 5.57 Å². The Labute approximate surface area is 231 Å². The highest BCUT2D eigenvalue weighted by Crippen LogP contribution is 2.39. The molecule has 0 fully saturated rings. The van der Waals surface area contributed by atoms with E-state index in [2.05, 4.69) is 22.6 Å². The predicted octanol–water partition coefficient (Wildman–Crippen LogP) is 5.61. The summed E-state index contributed by atoms with van der Waals surface area (Å²) in [6.45, 7) is 5.35. The molecule has 37 heavy (non-hydrogen) atoms. The van der Waals surface area contributed by atoms with Crippen LogP contribution in [0.1, 0.15) is 32.3 Å². The van der Waals surface area contributed by atoms with Crippen LogP contribution >= 0.6 is 22.6 Å². The number of ether oxygens (including phenoxy) is 6. The van der Waals surface area contributed by atoms with Gasteiger partial charge in [0.25, 0.3) is 0 Å². The number of rotatable bonds is 10. The Balaban J connectivity index is 0.000000260. The molecule has 8 nitrogen and oxygen atoms in total. The summed E-state index contributed by atoms with van der Waals surface area (Å²) in [5.74, 6) is 2.18. The van der Waals surface area contributed by atoms with Crippen molar-refractivity contribution in [1.29, 1.82) is 0 Å². The number of hydrogen-bond acceptors (Lipinski definition) is 8. The van der Waals surface area contributed by atoms with Crippen LogP contribution in [0, 0.1) is 3.57 Å². The largest absolute Gasteiger partial charge is 0.493 e. The Morgan fingerprint density at radius 1 is 0.973 bits per heavy atom. The standard InChI is InChI=1S/C14H17IO4.C14H16O4/c1-3-18-13(16)9-4-5-10-19-14-11(15)7-6-8-12(14)17-2;1-3-17-13(15)9-10-7-8-18-14-11(10)5-4-6-12(14)16-2/h4,6-9H,3,5,10H2,1-2H3;4-6,9H,3,7-8H2,1-2H3/b9-4+;10-9+. The van der Waals surface area contributed by atoms with Crippen LogP contribution in [-0.4, -0.2) is 52.6 Å². The van der Waals surface area contributed by atoms with Gasteiger partial charge in [0.05, 0.1) is 44.2 Å². The van der Waals surface area contributed by atoms with E-state index < -0.39 is 0 Å². The Morgan fingerprint density at radius 2 is 1.65 bits per heavy atom. The molecule has 1 heterocycles. The molecule has 2 aromatic carbocycles. The second-order valence-corrected chi connectivity index (χ2v) is 8.58. The van der Waals surface area contributed by atoms with Gasteiger partial charge in [0.1, 0.15) is 0 Å². The highest BCUT2D eigenvalue weighted by Gasteiger charge is 2.20. The van der Waals surface area contributed by atoms with E-state index >= 15 is 0 Å². The summed E-state index contributed by atoms with van der Waals surface area (Å²) in [4.78, 5) is 22.6. The highest BCUT2D eigenvalue weighted by atomic mass is 127. The van der Waals surface area contributed by atoms with E-state index in [0.29, 0.717) is 56.5 Å². The number of halogens is 1. The minimum Gasteiger partial charge on any atom is -0.493 e. The Morgan fingerprint density at radius 3 is 2.35 bits per heavy atom. The van der Waals surface area contributed by atoms with Gasteiger partial charge in [0.2, 0.25) is 0 Å². The quantitative estimate of drug-likeness (QED) is 0.146. The number of carbonyl (C=O) groups excluding carboxylic acids is 2. The van der Waals surface area contributed by atoms with E-state index in [9.17, 15) is 9.59 Å². The highest BCUT2D eigenvalue weighted by molar-refractivity contribution is 14.1. The van der Waals surface area contributed by atoms with Crippen molar-refractivity contribution in [2.75, 3.05) is 40.6 Å². The van der Waals surface area contributed by atoms with E-state index in [1.165, 1.54) is 12.2 Å². The third kappa shape index (κ3) is 9.64. The molecule has 1 aliphatic rings. The van der Waals surface area contributed by atoms with Crippen LogP contribution in [0.15, 0.2) is 54.6 Å². The number of fused-ring (bicyclic) bond motifs is 1. The lowest BCUT2D eigenvalue weighted by atomic mass is 9.99. The zero-order chi connectivity index (χ0) is 27.0. The van der Waals surface area contributed by atoms with E-state index in [0.717, 1.165) is 20.5 Å². The second kappa shape index (κ2) is 16.5. The van der Waals surface area contributed by atoms with Crippen molar-refractivity contribution in [3.05, 3.63) is 63.8 Å². The first-order valence-electron chi connectivity index (χ1n) is 11.9. The van der Waals surface area contributed by atoms with Gasteiger partial charge >= 0.3 is 11.9 Å². The minimum absolute atomic E-state index is 0.317. The fourth-order valence-corrected chi connectivity index (χ4v) is 3.97. The van der Waals surface area contributed by atoms with Gasteiger partial charge in [0, 0.05) is 24.1 Å². The van der Waals surface area contributed by atoms with Crippen LogP contribution < -0.4 is 18.9 Å². The number of hydrogen-bond donors (Lipinski definition) is 0. The normalized spacial score (nSPS) is 13.1. The Hall–Kier alpha value is -3.21. The van der Waals surface area contributed by atoms with Gasteiger partial charge in [-0.1, -0.05) is 24.3 Å². The molecule has 200 valence electrons. The SMILES string of the molecule is CCOC(=O)/C=C/CCOc1c(I)cccc1OC.CCOC(=O)/C=C1\CCOc2c(OC)cccc21. The maximum atomic E-state index is 11.5. The summed E-state index contributed by atoms with van der Waals surface area (Å²) in [6, 6.07) is 11.4. The lowest BCUT2D eigenvalue weighted by Gasteiger charge is -2.21. The average molecular weight is 624 g/mol. The van der Waals surface area contributed by atoms with Crippen molar-refractivity contribution < 1.29 is 38.0 Å². The molecule has 0 radical (unpaired) electrons. The van der Waals surface area contributed by atoms with Gasteiger partial charge in [0.15, 0.2) is 23.0 Å². The smallest absolute Gasteiger partial charge is 0.331 e. The molecule has 0 spiro atoms. The molecule has 3 rings (SSSR count). The van der Waals surface area contributed by atoms with Gasteiger partial charge < -0.3 is 28.4 Å². The van der Waals surface area contributed by atoms with Crippen molar-refractivity contribution >= 4 is 40.1 Å². The second-order valence-electron chi connectivity index (χ2n) is 7.42. The monoisotopic (exact) mass is 624 g/mol. The molecule has 0 unspecified atom stereocenters. The summed E-state index contributed by atoms with van der Waals surface area (Å²) >= 11 is 2.19. The summed E-state index contributed by atoms with van der Waals surface area (Å²) in [5, 5.41) is 0. The van der Waals surface area contributed by atoms with E-state index in [1.807, 2.05) is 36.4 Å². The van der Waals surface area contributed by atoms with Crippen LogP contribution in [0.3, 0.4) is 0 Å². The molecule has 0 N–H and O–H groups in total. The zero-order valence-corrected chi connectivity index (χ0v) is 23.7. The number of para-hydroxylation sites is 2. The Kier molecular flexibility index (Phi) is 13.4. The van der Waals surface area contributed by atoms with E-state index in [1.54, 1.807) is 34.1 Å². The first-order valence-corrected chi connectivity index (χ1v) is 13.0. The van der Waals surface area contributed by atoms with Crippen molar-refractivity contribution in [2.24, 2.45) is 0 Å². The molecule has 0 saturated carbocycles. The molecule has 0 amide bonds. The van der Waals surface area contributed by atoms with E-state index in [-0.39, 0.29) is 11.9 Å². The van der Waals surface area contributed by atoms with Crippen LogP contribution in [0.5, 0.6) is 23.0 Å². The Bertz CT molecular complexity index is 1090. The van der Waals surface area contributed by atoms with Crippen molar-refractivity contribution in [3.63, 3.8) is 0 Å². The lowest BCUT2D eigenvalue weighted by molar-refractivity contribution is -0.138. The summed E-state index contributed by atoms with van der Waals surface area (Å²) in [5.41, 5.74) is 1.82. The van der Waals surface area contributed by atoms with Gasteiger partial charge in [-0.05, 0) is 66.6 Å². The summed E-state index contributed by atoms with van der Waals surface area (Å²) in [6.07, 6.45) is 6.01. The molecule has 9 heteroatoms. The topological polar surface area (TPSA) is 89.5 Å². The predicted molar refractivity (Wildman–Crippen MR) is 149 cm³/mol. The number of benzene rings is 2. The molecule has 0 bridgehead atoms. The van der Waals surface area contributed by atoms with Crippen LogP contribution in [0.2, 0.25) is 0 Å². The average Bonchev–Trinajstić information content (AvgIpc) is 2.89. The van der Waals surface area contributed by atoms with Crippen molar-refractivity contribution in [3.8, 4) is 23.0 Å². The zero-order valence-electron chi connectivity index (χ0n) is 21.6. The van der Waals surface area contributed by atoms with Crippen molar-refractivity contribution in [2.45, 2.75) is 26.7 Å². The molecular formula is C28H33IO8. The maximum Gasteiger partial charge on any atom is 0.331 e. The third-order valence-corrected chi connectivity index (χ3v) is 5.81.